The number of hydrogen-bond donors (Lipinski definition) is 2. The van der Waals surface area contributed by atoms with Crippen LogP contribution in [-0.4, -0.2) is 58.3 Å². The molecule has 2 aromatic carbocycles. The Morgan fingerprint density at radius 3 is 2.28 bits per heavy atom. The Labute approximate surface area is 287 Å². The summed E-state index contributed by atoms with van der Waals surface area (Å²) >= 11 is 0. The number of halogens is 5. The Morgan fingerprint density at radius 2 is 1.72 bits per heavy atom. The molecule has 0 saturated carbocycles. The second kappa shape index (κ2) is 14.6. The standard InChI is InChI=1S/C37H42F5N3O5/c1-19(2)8-31(45-16-23(29(14-32(45)46)37(40,41)42)6-7-44-17-27-13-26(44)18-50-27)36(49)43-30(15-33(47)48)28-12-24(9-22(5)35(28)39)34-20(3)10-25(38)11-21(34)4/h9-12,14,16,19,26-27,30-31H,6-8,13,15,17-18H2,1-5H3,(H,43,49)(H,47,48)/t26-,27-,30?,31?/m0/s1. The molecular weight excluding hydrogens is 661 g/mol. The van der Waals surface area contributed by atoms with Crippen LogP contribution in [-0.2, 0) is 26.9 Å². The lowest BCUT2D eigenvalue weighted by Gasteiger charge is -2.28. The predicted octanol–water partition coefficient (Wildman–Crippen LogP) is 6.67. The average Bonchev–Trinajstić information content (AvgIpc) is 3.63. The van der Waals surface area contributed by atoms with Gasteiger partial charge in [-0.2, -0.15) is 13.2 Å². The van der Waals surface area contributed by atoms with Crippen molar-refractivity contribution in [3.8, 4) is 11.1 Å². The summed E-state index contributed by atoms with van der Waals surface area (Å²) in [6.07, 6.45) is -3.60. The Morgan fingerprint density at radius 1 is 1.04 bits per heavy atom. The Kier molecular flexibility index (Phi) is 10.9. The van der Waals surface area contributed by atoms with Crippen molar-refractivity contribution in [2.45, 2.75) is 90.7 Å². The number of aromatic nitrogens is 1. The number of rotatable bonds is 12. The van der Waals surface area contributed by atoms with Crippen molar-refractivity contribution in [1.82, 2.24) is 14.8 Å². The van der Waals surface area contributed by atoms with Crippen molar-refractivity contribution in [2.24, 2.45) is 5.92 Å². The van der Waals surface area contributed by atoms with E-state index in [1.807, 2.05) is 0 Å². The van der Waals surface area contributed by atoms with Gasteiger partial charge in [0.15, 0.2) is 0 Å². The van der Waals surface area contributed by atoms with Gasteiger partial charge in [0, 0.05) is 37.0 Å². The number of likely N-dealkylation sites (tertiary alicyclic amines) is 1. The highest BCUT2D eigenvalue weighted by Crippen LogP contribution is 2.36. The number of aryl methyl sites for hydroxylation is 3. The van der Waals surface area contributed by atoms with E-state index in [9.17, 15) is 37.1 Å². The molecule has 4 atom stereocenters. The van der Waals surface area contributed by atoms with Crippen molar-refractivity contribution in [3.05, 3.63) is 91.9 Å². The maximum Gasteiger partial charge on any atom is 0.416 e. The van der Waals surface area contributed by atoms with E-state index in [4.69, 9.17) is 4.74 Å². The molecule has 50 heavy (non-hydrogen) atoms. The maximum absolute atomic E-state index is 15.8. The number of amides is 1. The van der Waals surface area contributed by atoms with Crippen LogP contribution in [0.1, 0.15) is 78.6 Å². The summed E-state index contributed by atoms with van der Waals surface area (Å²) < 4.78 is 79.0. The van der Waals surface area contributed by atoms with Gasteiger partial charge in [0.1, 0.15) is 17.7 Å². The minimum absolute atomic E-state index is 0.0269. The van der Waals surface area contributed by atoms with Crippen molar-refractivity contribution in [1.29, 1.82) is 0 Å². The molecule has 270 valence electrons. The number of nitrogens with zero attached hydrogens (tertiary/aromatic N) is 2. The van der Waals surface area contributed by atoms with E-state index in [0.29, 0.717) is 48.0 Å². The summed E-state index contributed by atoms with van der Waals surface area (Å²) in [5.41, 5.74) is -0.00728. The summed E-state index contributed by atoms with van der Waals surface area (Å²) in [5, 5.41) is 12.4. The second-order valence-electron chi connectivity index (χ2n) is 14.0. The highest BCUT2D eigenvalue weighted by molar-refractivity contribution is 5.82. The normalized spacial score (nSPS) is 18.9. The van der Waals surface area contributed by atoms with Gasteiger partial charge < -0.3 is 19.7 Å². The number of benzene rings is 2. The number of carboxylic acids is 1. The average molecular weight is 704 g/mol. The van der Waals surface area contributed by atoms with E-state index < -0.39 is 59.3 Å². The van der Waals surface area contributed by atoms with Crippen LogP contribution in [0.4, 0.5) is 22.0 Å². The lowest BCUT2D eigenvalue weighted by molar-refractivity contribution is -0.139. The van der Waals surface area contributed by atoms with Gasteiger partial charge in [-0.05, 0) is 104 Å². The first-order chi connectivity index (χ1) is 23.4. The molecule has 2 bridgehead atoms. The molecule has 2 unspecified atom stereocenters. The zero-order chi connectivity index (χ0) is 36.7. The van der Waals surface area contributed by atoms with Crippen molar-refractivity contribution < 1.29 is 41.4 Å². The summed E-state index contributed by atoms with van der Waals surface area (Å²) in [5.74, 6) is -3.61. The molecule has 2 fully saturated rings. The molecule has 2 N–H and O–H groups in total. The molecule has 13 heteroatoms. The number of aliphatic carboxylic acids is 1. The van der Waals surface area contributed by atoms with Gasteiger partial charge in [-0.3, -0.25) is 19.3 Å². The van der Waals surface area contributed by atoms with Crippen LogP contribution in [0.2, 0.25) is 0 Å². The van der Waals surface area contributed by atoms with Crippen LogP contribution in [0.25, 0.3) is 11.1 Å². The number of nitrogens with one attached hydrogen (secondary N) is 1. The van der Waals surface area contributed by atoms with Gasteiger partial charge in [-0.25, -0.2) is 8.78 Å². The Balaban J connectivity index is 1.52. The molecule has 5 rings (SSSR count). The fourth-order valence-electron chi connectivity index (χ4n) is 7.35. The molecule has 3 aromatic rings. The van der Waals surface area contributed by atoms with E-state index in [0.717, 1.165) is 17.2 Å². The third-order valence-corrected chi connectivity index (χ3v) is 9.62. The van der Waals surface area contributed by atoms with Gasteiger partial charge in [-0.1, -0.05) is 13.8 Å². The number of pyridine rings is 1. The van der Waals surface area contributed by atoms with Crippen LogP contribution < -0.4 is 10.9 Å². The SMILES string of the molecule is Cc1cc(-c2c(C)cc(F)cc2C)cc(C(CC(=O)O)NC(=O)C(CC(C)C)n2cc(CCN3C[C@@H]4C[C@H]3CO4)c(C(F)(F)F)cc2=O)c1F. The van der Waals surface area contributed by atoms with Crippen LogP contribution in [0.5, 0.6) is 0 Å². The van der Waals surface area contributed by atoms with Crippen molar-refractivity contribution >= 4 is 11.9 Å². The minimum atomic E-state index is -4.81. The number of carboxylic acid groups (broad SMARTS) is 1. The molecule has 8 nitrogen and oxygen atoms in total. The smallest absolute Gasteiger partial charge is 0.416 e. The molecule has 3 heterocycles. The maximum atomic E-state index is 15.8. The van der Waals surface area contributed by atoms with Gasteiger partial charge in [0.2, 0.25) is 5.91 Å². The molecule has 0 radical (unpaired) electrons. The van der Waals surface area contributed by atoms with Crippen molar-refractivity contribution in [3.63, 3.8) is 0 Å². The summed E-state index contributed by atoms with van der Waals surface area (Å²) in [6.45, 7) is 9.83. The van der Waals surface area contributed by atoms with Crippen LogP contribution in [0.15, 0.2) is 41.3 Å². The highest BCUT2D eigenvalue weighted by atomic mass is 19.4. The van der Waals surface area contributed by atoms with E-state index in [1.165, 1.54) is 25.1 Å². The first-order valence-electron chi connectivity index (χ1n) is 16.7. The van der Waals surface area contributed by atoms with E-state index >= 15 is 4.39 Å². The summed E-state index contributed by atoms with van der Waals surface area (Å²) in [4.78, 5) is 41.5. The van der Waals surface area contributed by atoms with E-state index in [1.54, 1.807) is 33.8 Å². The van der Waals surface area contributed by atoms with Crippen LogP contribution in [0, 0.1) is 38.3 Å². The van der Waals surface area contributed by atoms with Crippen molar-refractivity contribution in [2.75, 3.05) is 19.7 Å². The molecule has 0 spiro atoms. The molecule has 2 saturated heterocycles. The number of morpholine rings is 1. The molecule has 2 aliphatic heterocycles. The third kappa shape index (κ3) is 8.10. The lowest BCUT2D eigenvalue weighted by atomic mass is 9.90. The number of carbonyl (C=O) groups is 2. The first kappa shape index (κ1) is 37.2. The van der Waals surface area contributed by atoms with Gasteiger partial charge in [0.25, 0.3) is 5.56 Å². The topological polar surface area (TPSA) is 101 Å². The zero-order valence-electron chi connectivity index (χ0n) is 28.7. The number of alkyl halides is 3. The third-order valence-electron chi connectivity index (χ3n) is 9.62. The monoisotopic (exact) mass is 703 g/mol. The largest absolute Gasteiger partial charge is 0.481 e. The number of ether oxygens (including phenoxy) is 1. The molecule has 1 aromatic heterocycles. The molecule has 1 amide bonds. The molecular formula is C37H42F5N3O5. The van der Waals surface area contributed by atoms with E-state index in [2.05, 4.69) is 10.2 Å². The highest BCUT2D eigenvalue weighted by Gasteiger charge is 2.40. The lowest BCUT2D eigenvalue weighted by Crippen LogP contribution is -2.41. The van der Waals surface area contributed by atoms with Gasteiger partial charge in [0.05, 0.1) is 30.7 Å². The second-order valence-corrected chi connectivity index (χ2v) is 14.0. The minimum Gasteiger partial charge on any atom is -0.481 e. The molecule has 0 aliphatic carbocycles. The quantitative estimate of drug-likeness (QED) is 0.205. The first-order valence-corrected chi connectivity index (χ1v) is 16.7. The number of carbonyl (C=O) groups excluding carboxylic acids is 1. The summed E-state index contributed by atoms with van der Waals surface area (Å²) in [7, 11) is 0. The van der Waals surface area contributed by atoms with E-state index in [-0.39, 0.29) is 47.6 Å². The number of fused-ring (bicyclic) bond motifs is 2. The van der Waals surface area contributed by atoms with Crippen LogP contribution >= 0.6 is 0 Å². The summed E-state index contributed by atoms with van der Waals surface area (Å²) in [6, 6.07) is 3.50. The number of hydrogen-bond acceptors (Lipinski definition) is 5. The van der Waals surface area contributed by atoms with Gasteiger partial charge >= 0.3 is 12.1 Å². The van der Waals surface area contributed by atoms with Gasteiger partial charge in [-0.15, -0.1) is 0 Å². The Hall–Kier alpha value is -4.10. The van der Waals surface area contributed by atoms with Crippen LogP contribution in [0.3, 0.4) is 0 Å². The Bertz CT molecular complexity index is 1820. The fourth-order valence-corrected chi connectivity index (χ4v) is 7.35. The molecule has 2 aliphatic rings. The fraction of sp³-hybridized carbons (Fsp3) is 0.486. The predicted molar refractivity (Wildman–Crippen MR) is 177 cm³/mol. The zero-order valence-corrected chi connectivity index (χ0v) is 28.7.